The highest BCUT2D eigenvalue weighted by Gasteiger charge is 2.20. The molecule has 1 aromatic carbocycles. The summed E-state index contributed by atoms with van der Waals surface area (Å²) >= 11 is 6.39. The Morgan fingerprint density at radius 2 is 2.32 bits per heavy atom. The molecule has 1 saturated heterocycles. The molecule has 106 valence electrons. The maximum absolute atomic E-state index is 6.39. The Morgan fingerprint density at radius 3 is 2.95 bits per heavy atom. The summed E-state index contributed by atoms with van der Waals surface area (Å²) in [7, 11) is 1.95. The van der Waals surface area contributed by atoms with Crippen molar-refractivity contribution >= 4 is 17.3 Å². The van der Waals surface area contributed by atoms with Crippen LogP contribution in [0.1, 0.15) is 31.9 Å². The Bertz CT molecular complexity index is 425. The molecule has 1 aliphatic rings. The lowest BCUT2D eigenvalue weighted by atomic mass is 10.1. The summed E-state index contributed by atoms with van der Waals surface area (Å²) in [6, 6.07) is 6.63. The Kier molecular flexibility index (Phi) is 5.08. The van der Waals surface area contributed by atoms with E-state index in [4.69, 9.17) is 16.3 Å². The maximum Gasteiger partial charge on any atom is 0.0748 e. The SMILES string of the molecule is CCC1CN(c2ccc(C(C)NC)c(Cl)c2)CCO1. The van der Waals surface area contributed by atoms with Gasteiger partial charge in [-0.05, 0) is 38.1 Å². The van der Waals surface area contributed by atoms with Gasteiger partial charge in [-0.2, -0.15) is 0 Å². The minimum absolute atomic E-state index is 0.273. The molecular formula is C15H23ClN2O. The van der Waals surface area contributed by atoms with Gasteiger partial charge in [-0.1, -0.05) is 24.6 Å². The summed E-state index contributed by atoms with van der Waals surface area (Å²) in [6.07, 6.45) is 1.39. The summed E-state index contributed by atoms with van der Waals surface area (Å²) in [5.41, 5.74) is 2.34. The molecule has 1 fully saturated rings. The standard InChI is InChI=1S/C15H23ClN2O/c1-4-13-10-18(7-8-19-13)12-5-6-14(11(2)17-3)15(16)9-12/h5-6,9,11,13,17H,4,7-8,10H2,1-3H3. The molecule has 4 heteroatoms. The molecular weight excluding hydrogens is 260 g/mol. The number of benzene rings is 1. The third-order valence-electron chi connectivity index (χ3n) is 3.84. The minimum atomic E-state index is 0.273. The van der Waals surface area contributed by atoms with Crippen LogP contribution in [0.4, 0.5) is 5.69 Å². The molecule has 2 rings (SSSR count). The van der Waals surface area contributed by atoms with Crippen LogP contribution in [0.15, 0.2) is 18.2 Å². The first kappa shape index (κ1) is 14.6. The van der Waals surface area contributed by atoms with E-state index in [-0.39, 0.29) is 6.04 Å². The summed E-state index contributed by atoms with van der Waals surface area (Å²) < 4.78 is 5.70. The Labute approximate surface area is 120 Å². The van der Waals surface area contributed by atoms with Crippen LogP contribution in [0.5, 0.6) is 0 Å². The Hall–Kier alpha value is -0.770. The van der Waals surface area contributed by atoms with Gasteiger partial charge in [0.1, 0.15) is 0 Å². The minimum Gasteiger partial charge on any atom is -0.375 e. The summed E-state index contributed by atoms with van der Waals surface area (Å²) in [4.78, 5) is 2.36. The topological polar surface area (TPSA) is 24.5 Å². The second-order valence-corrected chi connectivity index (χ2v) is 5.47. The number of hydrogen-bond acceptors (Lipinski definition) is 3. The highest BCUT2D eigenvalue weighted by Crippen LogP contribution is 2.28. The molecule has 0 bridgehead atoms. The molecule has 3 nitrogen and oxygen atoms in total. The summed E-state index contributed by atoms with van der Waals surface area (Å²) in [5, 5.41) is 4.05. The van der Waals surface area contributed by atoms with Gasteiger partial charge in [-0.3, -0.25) is 0 Å². The van der Waals surface area contributed by atoms with Crippen LogP contribution in [0.25, 0.3) is 0 Å². The van der Waals surface area contributed by atoms with Crippen molar-refractivity contribution in [3.8, 4) is 0 Å². The van der Waals surface area contributed by atoms with Crippen LogP contribution in [0.2, 0.25) is 5.02 Å². The van der Waals surface area contributed by atoms with Crippen molar-refractivity contribution in [2.24, 2.45) is 0 Å². The van der Waals surface area contributed by atoms with Crippen molar-refractivity contribution in [1.29, 1.82) is 0 Å². The van der Waals surface area contributed by atoms with Gasteiger partial charge >= 0.3 is 0 Å². The highest BCUT2D eigenvalue weighted by molar-refractivity contribution is 6.31. The van der Waals surface area contributed by atoms with Gasteiger partial charge in [0.15, 0.2) is 0 Å². The number of rotatable bonds is 4. The maximum atomic E-state index is 6.39. The predicted molar refractivity (Wildman–Crippen MR) is 81.2 cm³/mol. The van der Waals surface area contributed by atoms with Gasteiger partial charge in [0.05, 0.1) is 12.7 Å². The first-order valence-corrected chi connectivity index (χ1v) is 7.36. The average Bonchev–Trinajstić information content (AvgIpc) is 2.46. The van der Waals surface area contributed by atoms with Gasteiger partial charge in [0.2, 0.25) is 0 Å². The van der Waals surface area contributed by atoms with Crippen LogP contribution >= 0.6 is 11.6 Å². The molecule has 1 N–H and O–H groups in total. The molecule has 0 aromatic heterocycles. The van der Waals surface area contributed by atoms with E-state index in [0.717, 1.165) is 36.7 Å². The van der Waals surface area contributed by atoms with Gasteiger partial charge in [0, 0.05) is 29.8 Å². The third-order valence-corrected chi connectivity index (χ3v) is 4.17. The first-order valence-electron chi connectivity index (χ1n) is 6.99. The van der Waals surface area contributed by atoms with E-state index in [0.29, 0.717) is 6.10 Å². The van der Waals surface area contributed by atoms with Crippen LogP contribution in [0.3, 0.4) is 0 Å². The third kappa shape index (κ3) is 3.41. The van der Waals surface area contributed by atoms with Crippen molar-refractivity contribution < 1.29 is 4.74 Å². The van der Waals surface area contributed by atoms with Crippen molar-refractivity contribution in [1.82, 2.24) is 5.32 Å². The zero-order chi connectivity index (χ0) is 13.8. The zero-order valence-corrected chi connectivity index (χ0v) is 12.7. The number of anilines is 1. The van der Waals surface area contributed by atoms with Gasteiger partial charge in [0.25, 0.3) is 0 Å². The summed E-state index contributed by atoms with van der Waals surface area (Å²) in [6.45, 7) is 6.97. The fourth-order valence-corrected chi connectivity index (χ4v) is 2.76. The van der Waals surface area contributed by atoms with Gasteiger partial charge in [-0.15, -0.1) is 0 Å². The number of morpholine rings is 1. The van der Waals surface area contributed by atoms with E-state index in [9.17, 15) is 0 Å². The number of ether oxygens (including phenoxy) is 1. The monoisotopic (exact) mass is 282 g/mol. The molecule has 2 atom stereocenters. The fraction of sp³-hybridized carbons (Fsp3) is 0.600. The first-order chi connectivity index (χ1) is 9.15. The molecule has 19 heavy (non-hydrogen) atoms. The molecule has 0 aliphatic carbocycles. The number of halogens is 1. The fourth-order valence-electron chi connectivity index (χ4n) is 2.42. The number of nitrogens with one attached hydrogen (secondary N) is 1. The van der Waals surface area contributed by atoms with Crippen LogP contribution in [-0.2, 0) is 4.74 Å². The average molecular weight is 283 g/mol. The molecule has 1 aromatic rings. The summed E-state index contributed by atoms with van der Waals surface area (Å²) in [5.74, 6) is 0. The zero-order valence-electron chi connectivity index (χ0n) is 11.9. The largest absolute Gasteiger partial charge is 0.375 e. The smallest absolute Gasteiger partial charge is 0.0748 e. The quantitative estimate of drug-likeness (QED) is 0.918. The molecule has 0 saturated carbocycles. The van der Waals surface area contributed by atoms with Crippen LogP contribution in [-0.4, -0.2) is 32.8 Å². The van der Waals surface area contributed by atoms with E-state index < -0.39 is 0 Å². The molecule has 0 radical (unpaired) electrons. The number of nitrogens with zero attached hydrogens (tertiary/aromatic N) is 1. The van der Waals surface area contributed by atoms with E-state index in [1.165, 1.54) is 5.69 Å². The van der Waals surface area contributed by atoms with Crippen LogP contribution < -0.4 is 10.2 Å². The van der Waals surface area contributed by atoms with Gasteiger partial charge in [-0.25, -0.2) is 0 Å². The lowest BCUT2D eigenvalue weighted by Crippen LogP contribution is -2.42. The molecule has 0 amide bonds. The van der Waals surface area contributed by atoms with Crippen molar-refractivity contribution in [3.05, 3.63) is 28.8 Å². The Morgan fingerprint density at radius 1 is 1.53 bits per heavy atom. The Balaban J connectivity index is 2.15. The van der Waals surface area contributed by atoms with Gasteiger partial charge < -0.3 is 15.0 Å². The predicted octanol–water partition coefficient (Wildman–Crippen LogP) is 3.24. The van der Waals surface area contributed by atoms with Crippen LogP contribution in [0, 0.1) is 0 Å². The van der Waals surface area contributed by atoms with E-state index in [2.05, 4.69) is 42.3 Å². The van der Waals surface area contributed by atoms with E-state index >= 15 is 0 Å². The molecule has 1 aliphatic heterocycles. The molecule has 2 unspecified atom stereocenters. The second kappa shape index (κ2) is 6.60. The molecule has 1 heterocycles. The molecule has 0 spiro atoms. The number of hydrogen-bond donors (Lipinski definition) is 1. The normalized spacial score (nSPS) is 21.5. The van der Waals surface area contributed by atoms with Crippen molar-refractivity contribution in [3.63, 3.8) is 0 Å². The van der Waals surface area contributed by atoms with Crippen molar-refractivity contribution in [2.45, 2.75) is 32.4 Å². The lowest BCUT2D eigenvalue weighted by Gasteiger charge is -2.34. The highest BCUT2D eigenvalue weighted by atomic mass is 35.5. The lowest BCUT2D eigenvalue weighted by molar-refractivity contribution is 0.0384. The van der Waals surface area contributed by atoms with E-state index in [1.54, 1.807) is 0 Å². The van der Waals surface area contributed by atoms with Crippen molar-refractivity contribution in [2.75, 3.05) is 31.6 Å². The van der Waals surface area contributed by atoms with E-state index in [1.807, 2.05) is 7.05 Å². The second-order valence-electron chi connectivity index (χ2n) is 5.06.